The predicted octanol–water partition coefficient (Wildman–Crippen LogP) is 2.70. The Hall–Kier alpha value is -3.24. The highest BCUT2D eigenvalue weighted by Gasteiger charge is 2.34. The molecule has 0 fully saturated rings. The molecule has 2 aromatic heterocycles. The van der Waals surface area contributed by atoms with E-state index in [1.807, 2.05) is 0 Å². The van der Waals surface area contributed by atoms with Gasteiger partial charge in [-0.2, -0.15) is 18.3 Å². The summed E-state index contributed by atoms with van der Waals surface area (Å²) in [6, 6.07) is 4.02. The number of amides is 1. The van der Waals surface area contributed by atoms with Gasteiger partial charge >= 0.3 is 6.18 Å². The van der Waals surface area contributed by atoms with Gasteiger partial charge in [0.25, 0.3) is 5.91 Å². The fourth-order valence-corrected chi connectivity index (χ4v) is 2.41. The van der Waals surface area contributed by atoms with Crippen LogP contribution in [0.25, 0.3) is 0 Å². The number of aromatic nitrogens is 5. The average Bonchev–Trinajstić information content (AvgIpc) is 3.27. The first-order chi connectivity index (χ1) is 12.7. The largest absolute Gasteiger partial charge is 0.419 e. The third-order valence-electron chi connectivity index (χ3n) is 3.79. The van der Waals surface area contributed by atoms with E-state index in [2.05, 4.69) is 25.8 Å². The summed E-state index contributed by atoms with van der Waals surface area (Å²) in [5.41, 5.74) is -0.487. The minimum atomic E-state index is -4.80. The van der Waals surface area contributed by atoms with Crippen LogP contribution in [0.3, 0.4) is 0 Å². The summed E-state index contributed by atoms with van der Waals surface area (Å²) < 4.78 is 52.9. The second-order valence-corrected chi connectivity index (χ2v) is 5.82. The Kier molecular flexibility index (Phi) is 4.93. The first-order valence-electron chi connectivity index (χ1n) is 7.80. The third-order valence-corrected chi connectivity index (χ3v) is 3.79. The summed E-state index contributed by atoms with van der Waals surface area (Å²) in [6.07, 6.45) is -1.95. The minimum absolute atomic E-state index is 0.000443. The molecule has 2 N–H and O–H groups in total. The van der Waals surface area contributed by atoms with Crippen molar-refractivity contribution >= 4 is 5.91 Å². The molecule has 0 bridgehead atoms. The number of halogens is 4. The smallest absolute Gasteiger partial charge is 0.343 e. The fourth-order valence-electron chi connectivity index (χ4n) is 2.41. The van der Waals surface area contributed by atoms with E-state index < -0.39 is 23.5 Å². The number of aromatic amines is 1. The van der Waals surface area contributed by atoms with Crippen LogP contribution in [0.1, 0.15) is 40.3 Å². The molecule has 0 saturated carbocycles. The van der Waals surface area contributed by atoms with E-state index in [0.717, 1.165) is 6.07 Å². The summed E-state index contributed by atoms with van der Waals surface area (Å²) in [4.78, 5) is 12.2. The standard InChI is InChI=1S/C16H14F4N6O/c1-9(13-4-5-21-23-13)22-15(27)14-8-26(25-24-14)7-10-2-3-12(17)11(6-10)16(18,19)20/h2-6,8-9H,7H2,1H3,(H,21,23)(H,22,27). The lowest BCUT2D eigenvalue weighted by Crippen LogP contribution is -2.27. The molecule has 1 aromatic carbocycles. The van der Waals surface area contributed by atoms with E-state index in [9.17, 15) is 22.4 Å². The summed E-state index contributed by atoms with van der Waals surface area (Å²) in [5, 5.41) is 16.6. The van der Waals surface area contributed by atoms with Crippen LogP contribution in [-0.4, -0.2) is 31.1 Å². The zero-order chi connectivity index (χ0) is 19.6. The topological polar surface area (TPSA) is 88.5 Å². The maximum absolute atomic E-state index is 13.3. The number of rotatable bonds is 5. The normalized spacial score (nSPS) is 12.8. The molecule has 0 aliphatic rings. The molecular formula is C16H14F4N6O. The molecule has 11 heteroatoms. The number of carbonyl (C=O) groups excluding carboxylic acids is 1. The third kappa shape index (κ3) is 4.30. The quantitative estimate of drug-likeness (QED) is 0.664. The van der Waals surface area contributed by atoms with Gasteiger partial charge in [0.1, 0.15) is 5.82 Å². The SMILES string of the molecule is CC(NC(=O)c1cn(Cc2ccc(F)c(C(F)(F)F)c2)nn1)c1ccn[nH]1. The monoisotopic (exact) mass is 382 g/mol. The van der Waals surface area contributed by atoms with Crippen molar-refractivity contribution in [2.24, 2.45) is 0 Å². The Morgan fingerprint density at radius 1 is 1.33 bits per heavy atom. The van der Waals surface area contributed by atoms with Crippen molar-refractivity contribution in [2.45, 2.75) is 25.7 Å². The van der Waals surface area contributed by atoms with Crippen LogP contribution in [0.15, 0.2) is 36.7 Å². The number of hydrogen-bond donors (Lipinski definition) is 2. The van der Waals surface area contributed by atoms with Gasteiger partial charge in [0.05, 0.1) is 30.0 Å². The molecule has 3 aromatic rings. The number of carbonyl (C=O) groups is 1. The van der Waals surface area contributed by atoms with Gasteiger partial charge in [-0.05, 0) is 30.7 Å². The molecule has 0 aliphatic carbocycles. The van der Waals surface area contributed by atoms with Crippen LogP contribution < -0.4 is 5.32 Å². The Bertz CT molecular complexity index is 935. The first-order valence-corrected chi connectivity index (χ1v) is 7.80. The van der Waals surface area contributed by atoms with Crippen LogP contribution in [0.4, 0.5) is 17.6 Å². The number of hydrogen-bond acceptors (Lipinski definition) is 4. The molecule has 1 atom stereocenters. The lowest BCUT2D eigenvalue weighted by Gasteiger charge is -2.10. The molecule has 0 spiro atoms. The van der Waals surface area contributed by atoms with Gasteiger partial charge in [0.2, 0.25) is 0 Å². The van der Waals surface area contributed by atoms with Crippen molar-refractivity contribution in [3.63, 3.8) is 0 Å². The van der Waals surface area contributed by atoms with Crippen molar-refractivity contribution < 1.29 is 22.4 Å². The Balaban J connectivity index is 1.70. The van der Waals surface area contributed by atoms with Crippen molar-refractivity contribution in [1.29, 1.82) is 0 Å². The average molecular weight is 382 g/mol. The molecule has 0 radical (unpaired) electrons. The molecule has 0 aliphatic heterocycles. The van der Waals surface area contributed by atoms with Crippen molar-refractivity contribution in [2.75, 3.05) is 0 Å². The zero-order valence-corrected chi connectivity index (χ0v) is 14.0. The summed E-state index contributed by atoms with van der Waals surface area (Å²) >= 11 is 0. The first kappa shape index (κ1) is 18.5. The van der Waals surface area contributed by atoms with E-state index >= 15 is 0 Å². The van der Waals surface area contributed by atoms with Crippen LogP contribution in [-0.2, 0) is 12.7 Å². The van der Waals surface area contributed by atoms with Crippen molar-refractivity contribution in [1.82, 2.24) is 30.5 Å². The predicted molar refractivity (Wildman–Crippen MR) is 85.0 cm³/mol. The van der Waals surface area contributed by atoms with Gasteiger partial charge in [0.15, 0.2) is 5.69 Å². The maximum atomic E-state index is 13.3. The number of H-pyrrole nitrogens is 1. The van der Waals surface area contributed by atoms with Gasteiger partial charge < -0.3 is 5.32 Å². The van der Waals surface area contributed by atoms with E-state index in [0.29, 0.717) is 11.8 Å². The van der Waals surface area contributed by atoms with Gasteiger partial charge in [-0.1, -0.05) is 11.3 Å². The molecule has 142 valence electrons. The second-order valence-electron chi connectivity index (χ2n) is 5.82. The molecular weight excluding hydrogens is 368 g/mol. The summed E-state index contributed by atoms with van der Waals surface area (Å²) in [7, 11) is 0. The molecule has 0 saturated heterocycles. The lowest BCUT2D eigenvalue weighted by atomic mass is 10.1. The van der Waals surface area contributed by atoms with Crippen molar-refractivity contribution in [3.05, 3.63) is 65.0 Å². The number of nitrogens with zero attached hydrogens (tertiary/aromatic N) is 4. The Labute approximate surface area is 150 Å². The van der Waals surface area contributed by atoms with Gasteiger partial charge in [-0.15, -0.1) is 5.10 Å². The van der Waals surface area contributed by atoms with Gasteiger partial charge in [0, 0.05) is 6.20 Å². The van der Waals surface area contributed by atoms with Crippen molar-refractivity contribution in [3.8, 4) is 0 Å². The number of alkyl halides is 3. The van der Waals surface area contributed by atoms with Gasteiger partial charge in [-0.25, -0.2) is 9.07 Å². The highest BCUT2D eigenvalue weighted by molar-refractivity contribution is 5.92. The molecule has 27 heavy (non-hydrogen) atoms. The van der Waals surface area contributed by atoms with E-state index in [-0.39, 0.29) is 23.8 Å². The lowest BCUT2D eigenvalue weighted by molar-refractivity contribution is -0.140. The fraction of sp³-hybridized carbons (Fsp3) is 0.250. The number of nitrogens with one attached hydrogen (secondary N) is 2. The van der Waals surface area contributed by atoms with E-state index in [4.69, 9.17) is 0 Å². The highest BCUT2D eigenvalue weighted by atomic mass is 19.4. The van der Waals surface area contributed by atoms with Crippen LogP contribution in [0, 0.1) is 5.82 Å². The number of benzene rings is 1. The van der Waals surface area contributed by atoms with Crippen LogP contribution in [0.5, 0.6) is 0 Å². The molecule has 1 amide bonds. The molecule has 3 rings (SSSR count). The Morgan fingerprint density at radius 3 is 2.78 bits per heavy atom. The summed E-state index contributed by atoms with van der Waals surface area (Å²) in [5.74, 6) is -1.85. The maximum Gasteiger partial charge on any atom is 0.419 e. The van der Waals surface area contributed by atoms with E-state index in [1.54, 1.807) is 19.2 Å². The van der Waals surface area contributed by atoms with Crippen LogP contribution in [0.2, 0.25) is 0 Å². The zero-order valence-electron chi connectivity index (χ0n) is 14.0. The second kappa shape index (κ2) is 7.17. The molecule has 2 heterocycles. The Morgan fingerprint density at radius 2 is 2.11 bits per heavy atom. The minimum Gasteiger partial charge on any atom is -0.343 e. The highest BCUT2D eigenvalue weighted by Crippen LogP contribution is 2.32. The molecule has 7 nitrogen and oxygen atoms in total. The van der Waals surface area contributed by atoms with Gasteiger partial charge in [-0.3, -0.25) is 9.89 Å². The van der Waals surface area contributed by atoms with E-state index in [1.165, 1.54) is 16.9 Å². The summed E-state index contributed by atoms with van der Waals surface area (Å²) in [6.45, 7) is 1.65. The molecule has 1 unspecified atom stereocenters. The van der Waals surface area contributed by atoms with Crippen LogP contribution >= 0.6 is 0 Å².